The number of nitrogens with two attached hydrogens (primary N) is 2. The van der Waals surface area contributed by atoms with Crippen molar-refractivity contribution in [2.75, 3.05) is 13.1 Å². The lowest BCUT2D eigenvalue weighted by Gasteiger charge is -2.30. The van der Waals surface area contributed by atoms with Gasteiger partial charge in [-0.05, 0) is 52.0 Å². The number of likely N-dealkylation sites (tertiary alicyclic amines) is 1. The van der Waals surface area contributed by atoms with Crippen LogP contribution >= 0.6 is 0 Å². The van der Waals surface area contributed by atoms with E-state index in [0.717, 1.165) is 5.56 Å². The fourth-order valence-electron chi connectivity index (χ4n) is 4.10. The number of rotatable bonds is 11. The minimum absolute atomic E-state index is 0.0738. The van der Waals surface area contributed by atoms with E-state index in [0.29, 0.717) is 25.8 Å². The quantitative estimate of drug-likeness (QED) is 0.0992. The van der Waals surface area contributed by atoms with Gasteiger partial charge in [0.05, 0.1) is 5.94 Å². The number of amides is 3. The van der Waals surface area contributed by atoms with E-state index in [9.17, 15) is 24.4 Å². The molecule has 1 heterocycles. The van der Waals surface area contributed by atoms with Crippen LogP contribution in [0.3, 0.4) is 0 Å². The van der Waals surface area contributed by atoms with Gasteiger partial charge in [0.15, 0.2) is 5.96 Å². The second-order valence-electron chi connectivity index (χ2n) is 10.1. The number of carbonyl (C=O) groups is 3. The number of nitrogens with zero attached hydrogens (tertiary/aromatic N) is 2. The summed E-state index contributed by atoms with van der Waals surface area (Å²) >= 11 is 0. The molecule has 1 aliphatic heterocycles. The molecule has 12 nitrogen and oxygen atoms in total. The molecule has 0 spiro atoms. The van der Waals surface area contributed by atoms with Gasteiger partial charge in [-0.3, -0.25) is 14.6 Å². The first-order valence-electron chi connectivity index (χ1n) is 12.4. The Balaban J connectivity index is 2.13. The van der Waals surface area contributed by atoms with Crippen LogP contribution < -0.4 is 22.1 Å². The third kappa shape index (κ3) is 10.3. The van der Waals surface area contributed by atoms with Gasteiger partial charge in [-0.1, -0.05) is 30.3 Å². The van der Waals surface area contributed by atoms with Crippen LogP contribution in [0.25, 0.3) is 0 Å². The highest BCUT2D eigenvalue weighted by molar-refractivity contribution is 6.43. The molecule has 0 saturated carbocycles. The molecule has 1 saturated heterocycles. The van der Waals surface area contributed by atoms with Crippen LogP contribution in [0, 0.1) is 0 Å². The molecule has 37 heavy (non-hydrogen) atoms. The Labute approximate surface area is 218 Å². The minimum Gasteiger partial charge on any atom is -0.444 e. The summed E-state index contributed by atoms with van der Waals surface area (Å²) in [6.45, 7) is 5.78. The third-order valence-corrected chi connectivity index (χ3v) is 5.77. The molecule has 0 unspecified atom stereocenters. The molecular formula is C24H39BN6O6. The predicted octanol–water partition coefficient (Wildman–Crippen LogP) is -0.336. The zero-order valence-electron chi connectivity index (χ0n) is 21.7. The first kappa shape index (κ1) is 29.9. The standard InChI is InChI=1S/C24H39BN6O6/c1-24(2,3)37-23(34)29-17(15-16-9-5-4-6-10-16)21(33)31-14-8-11-18(31)20(32)30-19(25(35)36)12-7-13-28-22(26)27/h4-6,9-10,17-19,35-36H,7-8,11-15H2,1-3H3,(H,29,34)(H,30,32)(H4,26,27,28)/t17-,18+,19+/m1/s1. The van der Waals surface area contributed by atoms with Crippen LogP contribution in [0.5, 0.6) is 0 Å². The Bertz CT molecular complexity index is 935. The van der Waals surface area contributed by atoms with E-state index in [2.05, 4.69) is 15.6 Å². The summed E-state index contributed by atoms with van der Waals surface area (Å²) < 4.78 is 5.35. The van der Waals surface area contributed by atoms with Crippen LogP contribution in [0.15, 0.2) is 35.3 Å². The van der Waals surface area contributed by atoms with Crippen LogP contribution in [0.4, 0.5) is 4.79 Å². The van der Waals surface area contributed by atoms with Crippen molar-refractivity contribution >= 4 is 31.0 Å². The van der Waals surface area contributed by atoms with Gasteiger partial charge in [-0.2, -0.15) is 0 Å². The van der Waals surface area contributed by atoms with E-state index >= 15 is 0 Å². The summed E-state index contributed by atoms with van der Waals surface area (Å²) in [7, 11) is -1.80. The molecule has 13 heteroatoms. The van der Waals surface area contributed by atoms with Crippen LogP contribution in [0.1, 0.15) is 52.0 Å². The molecule has 204 valence electrons. The molecule has 1 aliphatic rings. The Morgan fingerprint density at radius 1 is 1.19 bits per heavy atom. The van der Waals surface area contributed by atoms with E-state index in [1.54, 1.807) is 20.8 Å². The zero-order valence-corrected chi connectivity index (χ0v) is 21.7. The van der Waals surface area contributed by atoms with Crippen LogP contribution in [-0.2, 0) is 20.7 Å². The molecule has 3 amide bonds. The minimum atomic E-state index is -1.80. The molecule has 0 bridgehead atoms. The van der Waals surface area contributed by atoms with Gasteiger partial charge in [-0.15, -0.1) is 0 Å². The summed E-state index contributed by atoms with van der Waals surface area (Å²) in [6.07, 6.45) is 1.11. The lowest BCUT2D eigenvalue weighted by atomic mass is 9.76. The summed E-state index contributed by atoms with van der Waals surface area (Å²) in [5.74, 6) is -1.95. The molecule has 0 aliphatic carbocycles. The fourth-order valence-corrected chi connectivity index (χ4v) is 4.10. The first-order valence-corrected chi connectivity index (χ1v) is 12.4. The lowest BCUT2D eigenvalue weighted by molar-refractivity contribution is -0.140. The maximum absolute atomic E-state index is 13.6. The van der Waals surface area contributed by atoms with Crippen LogP contribution in [0.2, 0.25) is 0 Å². The number of ether oxygens (including phenoxy) is 1. The number of hydrogen-bond acceptors (Lipinski definition) is 7. The summed E-state index contributed by atoms with van der Waals surface area (Å²) in [4.78, 5) is 44.5. The van der Waals surface area contributed by atoms with Crippen molar-refractivity contribution in [2.24, 2.45) is 16.5 Å². The van der Waals surface area contributed by atoms with Gasteiger partial charge in [0, 0.05) is 19.5 Å². The Hall–Kier alpha value is -3.32. The average Bonchev–Trinajstić information content (AvgIpc) is 3.29. The number of nitrogens with one attached hydrogen (secondary N) is 2. The average molecular weight is 518 g/mol. The van der Waals surface area contributed by atoms with Crippen LogP contribution in [-0.4, -0.2) is 82.6 Å². The maximum atomic E-state index is 13.6. The van der Waals surface area contributed by atoms with Crippen molar-refractivity contribution in [3.05, 3.63) is 35.9 Å². The van der Waals surface area contributed by atoms with Crippen molar-refractivity contribution in [3.63, 3.8) is 0 Å². The molecule has 0 radical (unpaired) electrons. The SMILES string of the molecule is CC(C)(C)OC(=O)N[C@H](Cc1ccccc1)C(=O)N1CCC[C@H]1C(=O)N[C@@H](CCCN=C(N)N)B(O)O. The Morgan fingerprint density at radius 2 is 1.86 bits per heavy atom. The van der Waals surface area contributed by atoms with Crippen molar-refractivity contribution in [2.45, 2.75) is 76.5 Å². The van der Waals surface area contributed by atoms with E-state index in [4.69, 9.17) is 16.2 Å². The van der Waals surface area contributed by atoms with Gasteiger partial charge in [0.2, 0.25) is 11.8 Å². The molecule has 8 N–H and O–H groups in total. The van der Waals surface area contributed by atoms with E-state index in [-0.39, 0.29) is 25.3 Å². The number of aliphatic imine (C=N–C) groups is 1. The molecule has 0 aromatic heterocycles. The molecule has 1 aromatic rings. The summed E-state index contributed by atoms with van der Waals surface area (Å²) in [5, 5.41) is 24.8. The van der Waals surface area contributed by atoms with Crippen molar-refractivity contribution in [3.8, 4) is 0 Å². The van der Waals surface area contributed by atoms with Gasteiger partial charge < -0.3 is 41.8 Å². The van der Waals surface area contributed by atoms with E-state index in [1.165, 1.54) is 4.90 Å². The second kappa shape index (κ2) is 13.8. The number of carbonyl (C=O) groups excluding carboxylic acids is 3. The highest BCUT2D eigenvalue weighted by Gasteiger charge is 2.39. The van der Waals surface area contributed by atoms with Crippen molar-refractivity contribution in [1.82, 2.24) is 15.5 Å². The lowest BCUT2D eigenvalue weighted by Crippen LogP contribution is -2.57. The first-order chi connectivity index (χ1) is 17.4. The van der Waals surface area contributed by atoms with Gasteiger partial charge >= 0.3 is 13.2 Å². The third-order valence-electron chi connectivity index (χ3n) is 5.77. The summed E-state index contributed by atoms with van der Waals surface area (Å²) in [6, 6.07) is 7.45. The van der Waals surface area contributed by atoms with E-state index < -0.39 is 48.7 Å². The monoisotopic (exact) mass is 518 g/mol. The van der Waals surface area contributed by atoms with Gasteiger partial charge in [-0.25, -0.2) is 4.79 Å². The van der Waals surface area contributed by atoms with Gasteiger partial charge in [0.1, 0.15) is 17.7 Å². The number of guanidine groups is 1. The second-order valence-corrected chi connectivity index (χ2v) is 10.1. The van der Waals surface area contributed by atoms with Crippen molar-refractivity contribution < 1.29 is 29.2 Å². The normalized spacial score (nSPS) is 16.9. The molecule has 1 aromatic carbocycles. The highest BCUT2D eigenvalue weighted by atomic mass is 16.6. The molecule has 2 rings (SSSR count). The van der Waals surface area contributed by atoms with Crippen molar-refractivity contribution in [1.29, 1.82) is 0 Å². The molecular weight excluding hydrogens is 479 g/mol. The highest BCUT2D eigenvalue weighted by Crippen LogP contribution is 2.21. The Kier molecular flexibility index (Phi) is 11.2. The number of benzene rings is 1. The number of alkyl carbamates (subject to hydrolysis) is 1. The smallest absolute Gasteiger partial charge is 0.444 e. The summed E-state index contributed by atoms with van der Waals surface area (Å²) in [5.41, 5.74) is 10.7. The maximum Gasteiger partial charge on any atom is 0.475 e. The largest absolute Gasteiger partial charge is 0.475 e. The zero-order chi connectivity index (χ0) is 27.6. The van der Waals surface area contributed by atoms with Gasteiger partial charge in [0.25, 0.3) is 0 Å². The number of hydrogen-bond donors (Lipinski definition) is 6. The Morgan fingerprint density at radius 3 is 2.46 bits per heavy atom. The predicted molar refractivity (Wildman–Crippen MR) is 140 cm³/mol. The van der Waals surface area contributed by atoms with E-state index in [1.807, 2.05) is 30.3 Å². The fraction of sp³-hybridized carbons (Fsp3) is 0.583. The molecule has 3 atom stereocenters. The molecule has 1 fully saturated rings. The topological polar surface area (TPSA) is 193 Å².